The Morgan fingerprint density at radius 3 is 2.24 bits per heavy atom. The first-order chi connectivity index (χ1) is 14.0. The Morgan fingerprint density at radius 2 is 1.59 bits per heavy atom. The molecule has 0 atom stereocenters. The van der Waals surface area contributed by atoms with Gasteiger partial charge in [0, 0.05) is 13.2 Å². The maximum absolute atomic E-state index is 13.3. The molecule has 4 aromatic rings. The monoisotopic (exact) mass is 384 g/mol. The number of nitrogens with one attached hydrogen (secondary N) is 2. The third kappa shape index (κ3) is 2.59. The fourth-order valence-electron chi connectivity index (χ4n) is 4.03. The van der Waals surface area contributed by atoms with Crippen LogP contribution in [0, 0.1) is 0 Å². The molecular weight excluding hydrogens is 368 g/mol. The molecule has 0 saturated heterocycles. The average Bonchev–Trinajstić information content (AvgIpc) is 3.07. The molecule has 1 aliphatic carbocycles. The van der Waals surface area contributed by atoms with Gasteiger partial charge in [-0.25, -0.2) is 9.78 Å². The number of nitrogens with zero attached hydrogens (tertiary/aromatic N) is 2. The number of aromatic nitrogens is 3. The van der Waals surface area contributed by atoms with Crippen molar-refractivity contribution in [2.24, 2.45) is 0 Å². The molecule has 1 aliphatic rings. The number of carbonyl (C=O) groups excluding carboxylic acids is 1. The van der Waals surface area contributed by atoms with E-state index in [1.807, 2.05) is 36.4 Å². The molecule has 142 valence electrons. The highest BCUT2D eigenvalue weighted by Crippen LogP contribution is 2.45. The number of aromatic amines is 2. The van der Waals surface area contributed by atoms with Crippen molar-refractivity contribution in [2.45, 2.75) is 6.04 Å². The molecule has 0 bridgehead atoms. The molecule has 0 unspecified atom stereocenters. The summed E-state index contributed by atoms with van der Waals surface area (Å²) in [5, 5.41) is 0.163. The second kappa shape index (κ2) is 6.27. The van der Waals surface area contributed by atoms with Crippen LogP contribution in [0.25, 0.3) is 22.2 Å². The van der Waals surface area contributed by atoms with Crippen molar-refractivity contribution >= 4 is 16.9 Å². The quantitative estimate of drug-likeness (QED) is 0.555. The highest BCUT2D eigenvalue weighted by atomic mass is 16.2. The zero-order valence-electron chi connectivity index (χ0n) is 15.5. The molecule has 0 spiro atoms. The van der Waals surface area contributed by atoms with E-state index < -0.39 is 11.2 Å². The van der Waals surface area contributed by atoms with Gasteiger partial charge >= 0.3 is 5.69 Å². The number of amides is 1. The molecule has 7 nitrogen and oxygen atoms in total. The van der Waals surface area contributed by atoms with Crippen LogP contribution in [0.15, 0.2) is 70.4 Å². The molecule has 2 aromatic carbocycles. The van der Waals surface area contributed by atoms with Crippen LogP contribution < -0.4 is 11.2 Å². The van der Waals surface area contributed by atoms with Crippen molar-refractivity contribution in [3.63, 3.8) is 0 Å². The Morgan fingerprint density at radius 1 is 0.966 bits per heavy atom. The zero-order valence-corrected chi connectivity index (χ0v) is 15.5. The standard InChI is InChI=1S/C22H16N4O3/c1-26(18-15-8-4-2-6-13(15)14-7-3-5-9-16(14)18)21(28)12-10-17-19(23-11-12)24-22(29)25-20(17)27/h2-11,18H,1H3,(H2,23,24,25,27,29). The lowest BCUT2D eigenvalue weighted by Gasteiger charge is -2.26. The summed E-state index contributed by atoms with van der Waals surface area (Å²) in [7, 11) is 1.74. The van der Waals surface area contributed by atoms with Gasteiger partial charge in [-0.2, -0.15) is 0 Å². The lowest BCUT2D eigenvalue weighted by Crippen LogP contribution is -2.31. The van der Waals surface area contributed by atoms with E-state index in [2.05, 4.69) is 27.1 Å². The van der Waals surface area contributed by atoms with Crippen molar-refractivity contribution < 1.29 is 4.79 Å². The van der Waals surface area contributed by atoms with Gasteiger partial charge in [-0.15, -0.1) is 0 Å². The molecule has 2 heterocycles. The van der Waals surface area contributed by atoms with Crippen LogP contribution in [-0.4, -0.2) is 32.8 Å². The number of fused-ring (bicyclic) bond motifs is 4. The van der Waals surface area contributed by atoms with E-state index in [4.69, 9.17) is 0 Å². The van der Waals surface area contributed by atoms with E-state index >= 15 is 0 Å². The minimum atomic E-state index is -0.634. The van der Waals surface area contributed by atoms with E-state index in [0.717, 1.165) is 22.3 Å². The van der Waals surface area contributed by atoms with Crippen molar-refractivity contribution in [1.82, 2.24) is 19.9 Å². The van der Waals surface area contributed by atoms with Gasteiger partial charge in [0.15, 0.2) is 0 Å². The highest BCUT2D eigenvalue weighted by Gasteiger charge is 2.33. The van der Waals surface area contributed by atoms with Crippen LogP contribution in [0.3, 0.4) is 0 Å². The molecule has 2 N–H and O–H groups in total. The number of carbonyl (C=O) groups is 1. The second-order valence-corrected chi connectivity index (χ2v) is 7.02. The molecule has 0 radical (unpaired) electrons. The molecule has 0 aliphatic heterocycles. The predicted molar refractivity (Wildman–Crippen MR) is 109 cm³/mol. The van der Waals surface area contributed by atoms with Crippen LogP contribution in [0.2, 0.25) is 0 Å². The number of hydrogen-bond donors (Lipinski definition) is 2. The van der Waals surface area contributed by atoms with Crippen LogP contribution in [0.5, 0.6) is 0 Å². The van der Waals surface area contributed by atoms with Crippen LogP contribution in [-0.2, 0) is 0 Å². The van der Waals surface area contributed by atoms with Crippen molar-refractivity contribution in [3.05, 3.63) is 98.3 Å². The van der Waals surface area contributed by atoms with Gasteiger partial charge in [0.25, 0.3) is 11.5 Å². The minimum absolute atomic E-state index is 0.148. The summed E-state index contributed by atoms with van der Waals surface area (Å²) in [6, 6.07) is 17.3. The Kier molecular flexibility index (Phi) is 3.70. The maximum atomic E-state index is 13.3. The molecule has 1 amide bonds. The lowest BCUT2D eigenvalue weighted by molar-refractivity contribution is 0.0757. The second-order valence-electron chi connectivity index (χ2n) is 7.02. The van der Waals surface area contributed by atoms with Gasteiger partial charge in [-0.05, 0) is 28.3 Å². The summed E-state index contributed by atoms with van der Waals surface area (Å²) in [6.45, 7) is 0. The summed E-state index contributed by atoms with van der Waals surface area (Å²) in [5.41, 5.74) is 3.54. The minimum Gasteiger partial charge on any atom is -0.330 e. The number of pyridine rings is 1. The fraction of sp³-hybridized carbons (Fsp3) is 0.0909. The van der Waals surface area contributed by atoms with E-state index in [0.29, 0.717) is 0 Å². The fourth-order valence-corrected chi connectivity index (χ4v) is 4.03. The highest BCUT2D eigenvalue weighted by molar-refractivity contribution is 5.97. The number of benzene rings is 2. The van der Waals surface area contributed by atoms with Gasteiger partial charge in [0.1, 0.15) is 5.65 Å². The SMILES string of the molecule is CN(C(=O)c1cnc2[nH]c(=O)[nH]c(=O)c2c1)C1c2ccccc2-c2ccccc21. The van der Waals surface area contributed by atoms with Crippen molar-refractivity contribution in [2.75, 3.05) is 7.05 Å². The van der Waals surface area contributed by atoms with Crippen molar-refractivity contribution in [3.8, 4) is 11.1 Å². The maximum Gasteiger partial charge on any atom is 0.327 e. The molecule has 5 rings (SSSR count). The lowest BCUT2D eigenvalue weighted by atomic mass is 10.0. The van der Waals surface area contributed by atoms with Crippen LogP contribution in [0.4, 0.5) is 0 Å². The van der Waals surface area contributed by atoms with Gasteiger partial charge in [0.2, 0.25) is 0 Å². The Labute approximate surface area is 164 Å². The third-order valence-electron chi connectivity index (χ3n) is 5.35. The summed E-state index contributed by atoms with van der Waals surface area (Å²) in [5.74, 6) is -0.262. The summed E-state index contributed by atoms with van der Waals surface area (Å²) in [4.78, 5) is 47.2. The predicted octanol–water partition coefficient (Wildman–Crippen LogP) is 2.45. The first-order valence-electron chi connectivity index (χ1n) is 9.12. The molecule has 0 saturated carbocycles. The Balaban J connectivity index is 1.60. The smallest absolute Gasteiger partial charge is 0.327 e. The van der Waals surface area contributed by atoms with Crippen molar-refractivity contribution in [1.29, 1.82) is 0 Å². The third-order valence-corrected chi connectivity index (χ3v) is 5.35. The van der Waals surface area contributed by atoms with Gasteiger partial charge in [-0.1, -0.05) is 48.5 Å². The van der Waals surface area contributed by atoms with E-state index in [1.165, 1.54) is 12.3 Å². The number of H-pyrrole nitrogens is 2. The van der Waals surface area contributed by atoms with Gasteiger partial charge < -0.3 is 4.90 Å². The normalized spacial score (nSPS) is 12.6. The summed E-state index contributed by atoms with van der Waals surface area (Å²) >= 11 is 0. The van der Waals surface area contributed by atoms with E-state index in [1.54, 1.807) is 11.9 Å². The van der Waals surface area contributed by atoms with E-state index in [-0.39, 0.29) is 28.5 Å². The molecule has 7 heteroatoms. The van der Waals surface area contributed by atoms with E-state index in [9.17, 15) is 14.4 Å². The summed E-state index contributed by atoms with van der Waals surface area (Å²) in [6.07, 6.45) is 1.38. The molecule has 0 fully saturated rings. The van der Waals surface area contributed by atoms with Gasteiger partial charge in [0.05, 0.1) is 17.0 Å². The van der Waals surface area contributed by atoms with Crippen LogP contribution >= 0.6 is 0 Å². The number of hydrogen-bond acceptors (Lipinski definition) is 4. The largest absolute Gasteiger partial charge is 0.330 e. The Hall–Kier alpha value is -4.00. The first-order valence-corrected chi connectivity index (χ1v) is 9.12. The average molecular weight is 384 g/mol. The molecule has 29 heavy (non-hydrogen) atoms. The molecular formula is C22H16N4O3. The first kappa shape index (κ1) is 17.1. The zero-order chi connectivity index (χ0) is 20.1. The van der Waals surface area contributed by atoms with Gasteiger partial charge in [-0.3, -0.25) is 19.6 Å². The van der Waals surface area contributed by atoms with Crippen LogP contribution in [0.1, 0.15) is 27.5 Å². The topological polar surface area (TPSA) is 98.9 Å². The number of rotatable bonds is 2. The molecule has 2 aromatic heterocycles. The summed E-state index contributed by atoms with van der Waals surface area (Å²) < 4.78 is 0. The Bertz CT molecular complexity index is 1360.